The van der Waals surface area contributed by atoms with E-state index in [1.54, 1.807) is 7.11 Å². The molecule has 0 aromatic carbocycles. The van der Waals surface area contributed by atoms with Crippen molar-refractivity contribution in [1.29, 1.82) is 0 Å². The Bertz CT molecular complexity index is 491. The summed E-state index contributed by atoms with van der Waals surface area (Å²) in [6, 6.07) is 0.289. The highest BCUT2D eigenvalue weighted by molar-refractivity contribution is 5.20. The molecule has 1 aliphatic carbocycles. The van der Waals surface area contributed by atoms with Crippen LogP contribution in [0, 0.1) is 6.92 Å². The number of aromatic nitrogens is 2. The summed E-state index contributed by atoms with van der Waals surface area (Å²) in [7, 11) is 1.62. The number of hydrogen-bond donors (Lipinski definition) is 0. The minimum absolute atomic E-state index is 0.196. The summed E-state index contributed by atoms with van der Waals surface area (Å²) in [5.41, 5.74) is 0.714. The van der Waals surface area contributed by atoms with Crippen molar-refractivity contribution in [3.63, 3.8) is 0 Å². The smallest absolute Gasteiger partial charge is 0.351 e. The van der Waals surface area contributed by atoms with E-state index in [2.05, 4.69) is 4.98 Å². The van der Waals surface area contributed by atoms with E-state index >= 15 is 0 Å². The number of rotatable bonds is 5. The first-order valence-electron chi connectivity index (χ1n) is 7.94. The number of nitrogens with zero attached hydrogens (tertiary/aromatic N) is 2. The molecule has 1 aromatic heterocycles. The van der Waals surface area contributed by atoms with E-state index in [0.29, 0.717) is 19.1 Å². The van der Waals surface area contributed by atoms with Crippen LogP contribution in [-0.2, 0) is 4.74 Å². The topological polar surface area (TPSA) is 53.4 Å². The van der Waals surface area contributed by atoms with Gasteiger partial charge in [-0.2, -0.15) is 4.98 Å². The number of methoxy groups -OCH3 is 1. The van der Waals surface area contributed by atoms with Crippen LogP contribution in [0.3, 0.4) is 0 Å². The molecule has 0 unspecified atom stereocenters. The molecule has 0 bridgehead atoms. The summed E-state index contributed by atoms with van der Waals surface area (Å²) < 4.78 is 12.2. The lowest BCUT2D eigenvalue weighted by Crippen LogP contribution is -2.28. The van der Waals surface area contributed by atoms with Crippen molar-refractivity contribution in [2.45, 2.75) is 57.9 Å². The molecule has 21 heavy (non-hydrogen) atoms. The monoisotopic (exact) mass is 294 g/mol. The van der Waals surface area contributed by atoms with Gasteiger partial charge in [-0.3, -0.25) is 4.57 Å². The molecule has 118 valence electrons. The maximum atomic E-state index is 12.3. The van der Waals surface area contributed by atoms with E-state index in [4.69, 9.17) is 9.47 Å². The molecule has 2 rings (SSSR count). The second kappa shape index (κ2) is 8.17. The predicted octanol–water partition coefficient (Wildman–Crippen LogP) is 2.86. The predicted molar refractivity (Wildman–Crippen MR) is 82.0 cm³/mol. The van der Waals surface area contributed by atoms with Crippen molar-refractivity contribution in [3.8, 4) is 5.88 Å². The van der Waals surface area contributed by atoms with Crippen molar-refractivity contribution < 1.29 is 9.47 Å². The average molecular weight is 294 g/mol. The van der Waals surface area contributed by atoms with E-state index in [0.717, 1.165) is 18.4 Å². The molecule has 1 fully saturated rings. The Morgan fingerprint density at radius 3 is 2.52 bits per heavy atom. The van der Waals surface area contributed by atoms with Crippen LogP contribution >= 0.6 is 0 Å². The molecule has 0 aliphatic heterocycles. The molecule has 1 heterocycles. The highest BCUT2D eigenvalue weighted by Crippen LogP contribution is 2.26. The minimum atomic E-state index is -0.196. The maximum Gasteiger partial charge on any atom is 0.351 e. The summed E-state index contributed by atoms with van der Waals surface area (Å²) in [5.74, 6) is 0.430. The van der Waals surface area contributed by atoms with Crippen LogP contribution in [0.15, 0.2) is 11.0 Å². The van der Waals surface area contributed by atoms with E-state index in [9.17, 15) is 4.79 Å². The lowest BCUT2D eigenvalue weighted by molar-refractivity contribution is 0.142. The third-order valence-corrected chi connectivity index (χ3v) is 4.08. The molecule has 1 aliphatic rings. The first-order valence-corrected chi connectivity index (χ1v) is 7.94. The molecule has 0 radical (unpaired) electrons. The average Bonchev–Trinajstić information content (AvgIpc) is 2.43. The second-order valence-electron chi connectivity index (χ2n) is 5.76. The van der Waals surface area contributed by atoms with E-state index in [-0.39, 0.29) is 11.7 Å². The summed E-state index contributed by atoms with van der Waals surface area (Å²) in [6.45, 7) is 2.85. The number of hydrogen-bond acceptors (Lipinski definition) is 4. The number of ether oxygens (including phenoxy) is 2. The Hall–Kier alpha value is -1.36. The van der Waals surface area contributed by atoms with Crippen LogP contribution < -0.4 is 10.4 Å². The van der Waals surface area contributed by atoms with Crippen LogP contribution in [0.25, 0.3) is 0 Å². The Balaban J connectivity index is 2.12. The molecule has 5 heteroatoms. The SMILES string of the molecule is COCCOc1nc(=O)n(C2CCCCCCC2)cc1C. The van der Waals surface area contributed by atoms with E-state index in [1.165, 1.54) is 32.1 Å². The quantitative estimate of drug-likeness (QED) is 0.784. The molecule has 0 saturated heterocycles. The van der Waals surface area contributed by atoms with Gasteiger partial charge in [0, 0.05) is 24.9 Å². The van der Waals surface area contributed by atoms with Gasteiger partial charge in [-0.1, -0.05) is 32.1 Å². The second-order valence-corrected chi connectivity index (χ2v) is 5.76. The van der Waals surface area contributed by atoms with Gasteiger partial charge in [0.15, 0.2) is 0 Å². The van der Waals surface area contributed by atoms with Gasteiger partial charge in [-0.05, 0) is 19.8 Å². The van der Waals surface area contributed by atoms with Gasteiger partial charge in [-0.25, -0.2) is 4.79 Å². The third-order valence-electron chi connectivity index (χ3n) is 4.08. The maximum absolute atomic E-state index is 12.3. The zero-order valence-electron chi connectivity index (χ0n) is 13.1. The van der Waals surface area contributed by atoms with Crippen molar-refractivity contribution >= 4 is 0 Å². The molecule has 1 aromatic rings. The lowest BCUT2D eigenvalue weighted by Gasteiger charge is -2.22. The van der Waals surface area contributed by atoms with Crippen molar-refractivity contribution in [1.82, 2.24) is 9.55 Å². The summed E-state index contributed by atoms with van der Waals surface area (Å²) in [5, 5.41) is 0. The van der Waals surface area contributed by atoms with Crippen molar-refractivity contribution in [3.05, 3.63) is 22.2 Å². The largest absolute Gasteiger partial charge is 0.475 e. The van der Waals surface area contributed by atoms with Crippen LogP contribution in [-0.4, -0.2) is 29.9 Å². The van der Waals surface area contributed by atoms with E-state index < -0.39 is 0 Å². The fourth-order valence-corrected chi connectivity index (χ4v) is 2.89. The summed E-state index contributed by atoms with van der Waals surface area (Å²) in [4.78, 5) is 16.4. The lowest BCUT2D eigenvalue weighted by atomic mass is 9.96. The van der Waals surface area contributed by atoms with Gasteiger partial charge in [0.1, 0.15) is 6.61 Å². The van der Waals surface area contributed by atoms with Gasteiger partial charge >= 0.3 is 5.69 Å². The van der Waals surface area contributed by atoms with Crippen LogP contribution in [0.4, 0.5) is 0 Å². The Kier molecular flexibility index (Phi) is 6.23. The van der Waals surface area contributed by atoms with Crippen LogP contribution in [0.2, 0.25) is 0 Å². The fraction of sp³-hybridized carbons (Fsp3) is 0.750. The minimum Gasteiger partial charge on any atom is -0.475 e. The molecule has 0 atom stereocenters. The molecule has 0 amide bonds. The Morgan fingerprint density at radius 2 is 1.86 bits per heavy atom. The highest BCUT2D eigenvalue weighted by atomic mass is 16.5. The van der Waals surface area contributed by atoms with Crippen molar-refractivity contribution in [2.24, 2.45) is 0 Å². The van der Waals surface area contributed by atoms with Gasteiger partial charge in [0.05, 0.1) is 6.61 Å². The van der Waals surface area contributed by atoms with Gasteiger partial charge < -0.3 is 9.47 Å². The summed E-state index contributed by atoms with van der Waals surface area (Å²) in [6.07, 6.45) is 10.3. The Morgan fingerprint density at radius 1 is 1.19 bits per heavy atom. The van der Waals surface area contributed by atoms with Crippen LogP contribution in [0.5, 0.6) is 5.88 Å². The molecule has 0 spiro atoms. The third kappa shape index (κ3) is 4.56. The van der Waals surface area contributed by atoms with E-state index in [1.807, 2.05) is 17.7 Å². The standard InChI is InChI=1S/C16H26N2O3/c1-13-12-18(14-8-6-4-3-5-7-9-14)16(19)17-15(13)21-11-10-20-2/h12,14H,3-11H2,1-2H3. The molecule has 5 nitrogen and oxygen atoms in total. The molecule has 1 saturated carbocycles. The van der Waals surface area contributed by atoms with Gasteiger partial charge in [0.2, 0.25) is 5.88 Å². The fourth-order valence-electron chi connectivity index (χ4n) is 2.89. The van der Waals surface area contributed by atoms with Crippen LogP contribution in [0.1, 0.15) is 56.6 Å². The first-order chi connectivity index (χ1) is 10.2. The zero-order chi connectivity index (χ0) is 15.1. The first kappa shape index (κ1) is 16.0. The highest BCUT2D eigenvalue weighted by Gasteiger charge is 2.16. The Labute approximate surface area is 126 Å². The van der Waals surface area contributed by atoms with Gasteiger partial charge in [-0.15, -0.1) is 0 Å². The molecular weight excluding hydrogens is 268 g/mol. The summed E-state index contributed by atoms with van der Waals surface area (Å²) >= 11 is 0. The zero-order valence-corrected chi connectivity index (χ0v) is 13.1. The van der Waals surface area contributed by atoms with Crippen molar-refractivity contribution in [2.75, 3.05) is 20.3 Å². The molecular formula is C16H26N2O3. The molecule has 0 N–H and O–H groups in total. The number of aryl methyl sites for hydroxylation is 1. The normalized spacial score (nSPS) is 17.2. The van der Waals surface area contributed by atoms with Gasteiger partial charge in [0.25, 0.3) is 0 Å².